The first-order chi connectivity index (χ1) is 12.6. The fourth-order valence-electron chi connectivity index (χ4n) is 2.99. The van der Waals surface area contributed by atoms with Gasteiger partial charge in [0, 0.05) is 6.04 Å². The van der Waals surface area contributed by atoms with Crippen LogP contribution in [0.25, 0.3) is 0 Å². The lowest BCUT2D eigenvalue weighted by atomic mass is 9.94. The average Bonchev–Trinajstić information content (AvgIpc) is 2.60. The Labute approximate surface area is 166 Å². The van der Waals surface area contributed by atoms with Gasteiger partial charge in [0.05, 0.1) is 24.1 Å². The Kier molecular flexibility index (Phi) is 6.78. The van der Waals surface area contributed by atoms with Gasteiger partial charge in [0.2, 0.25) is 10.0 Å². The van der Waals surface area contributed by atoms with Crippen LogP contribution in [0.15, 0.2) is 35.2 Å². The van der Waals surface area contributed by atoms with Crippen LogP contribution < -0.4 is 14.2 Å². The summed E-state index contributed by atoms with van der Waals surface area (Å²) in [6, 6.07) is 7.93. The Hall–Kier alpha value is -1.76. The molecule has 0 aliphatic heterocycles. The molecule has 2 aromatic rings. The molecule has 0 aliphatic rings. The topological polar surface area (TPSA) is 64.6 Å². The van der Waals surface area contributed by atoms with Crippen molar-refractivity contribution < 1.29 is 17.9 Å². The van der Waals surface area contributed by atoms with Crippen molar-refractivity contribution in [3.05, 3.63) is 52.0 Å². The molecule has 0 radical (unpaired) electrons. The molecule has 5 nitrogen and oxygen atoms in total. The lowest BCUT2D eigenvalue weighted by molar-refractivity contribution is 0.406. The van der Waals surface area contributed by atoms with Gasteiger partial charge < -0.3 is 9.47 Å². The highest BCUT2D eigenvalue weighted by molar-refractivity contribution is 7.89. The Morgan fingerprint density at radius 3 is 2.11 bits per heavy atom. The van der Waals surface area contributed by atoms with Gasteiger partial charge in [0.15, 0.2) is 0 Å². The first kappa shape index (κ1) is 21.5. The normalized spacial score (nSPS) is 12.9. The Bertz CT molecular complexity index is 926. The minimum atomic E-state index is -3.74. The minimum Gasteiger partial charge on any atom is -0.496 e. The highest BCUT2D eigenvalue weighted by Gasteiger charge is 2.22. The van der Waals surface area contributed by atoms with Crippen molar-refractivity contribution >= 4 is 21.6 Å². The number of benzene rings is 2. The molecule has 0 bridgehead atoms. The standard InChI is InChI=1S/C20H26ClNO4S/c1-12(2)16-11-17(13(3)9-20(16)26-6)14(4)22-27(23,24)15-7-8-19(25-5)18(21)10-15/h7-12,14,22H,1-6H3/t14-/m1/s1. The van der Waals surface area contributed by atoms with Crippen LogP contribution in [0.3, 0.4) is 0 Å². The zero-order valence-corrected chi connectivity index (χ0v) is 18.0. The third kappa shape index (κ3) is 4.75. The van der Waals surface area contributed by atoms with E-state index in [9.17, 15) is 8.42 Å². The SMILES string of the molecule is COc1ccc(S(=O)(=O)N[C@H](C)c2cc(C(C)C)c(OC)cc2C)cc1Cl. The van der Waals surface area contributed by atoms with Crippen molar-refractivity contribution in [1.29, 1.82) is 0 Å². The van der Waals surface area contributed by atoms with Crippen LogP contribution in [0.1, 0.15) is 49.4 Å². The van der Waals surface area contributed by atoms with Gasteiger partial charge in [0.1, 0.15) is 11.5 Å². The number of methoxy groups -OCH3 is 2. The lowest BCUT2D eigenvalue weighted by Crippen LogP contribution is -2.27. The molecule has 0 fully saturated rings. The summed E-state index contributed by atoms with van der Waals surface area (Å²) in [5.74, 6) is 1.49. The molecule has 1 N–H and O–H groups in total. The van der Waals surface area contributed by atoms with Crippen LogP contribution in [0.2, 0.25) is 5.02 Å². The zero-order chi connectivity index (χ0) is 20.4. The first-order valence-corrected chi connectivity index (χ1v) is 10.5. The summed E-state index contributed by atoms with van der Waals surface area (Å²) in [6.45, 7) is 7.91. The molecule has 27 heavy (non-hydrogen) atoms. The van der Waals surface area contributed by atoms with Gasteiger partial charge in [-0.05, 0) is 66.8 Å². The molecule has 2 aromatic carbocycles. The van der Waals surface area contributed by atoms with Crippen molar-refractivity contribution in [3.8, 4) is 11.5 Å². The minimum absolute atomic E-state index is 0.0930. The molecule has 2 rings (SSSR count). The summed E-state index contributed by atoms with van der Waals surface area (Å²) in [7, 11) is -0.623. The molecular weight excluding hydrogens is 386 g/mol. The Morgan fingerprint density at radius 2 is 1.59 bits per heavy atom. The maximum Gasteiger partial charge on any atom is 0.241 e. The van der Waals surface area contributed by atoms with E-state index in [1.165, 1.54) is 25.3 Å². The van der Waals surface area contributed by atoms with E-state index in [1.54, 1.807) is 7.11 Å². The van der Waals surface area contributed by atoms with Gasteiger partial charge in [-0.2, -0.15) is 0 Å². The molecular formula is C20H26ClNO4S. The molecule has 0 saturated carbocycles. The second-order valence-electron chi connectivity index (χ2n) is 6.74. The number of ether oxygens (including phenoxy) is 2. The van der Waals surface area contributed by atoms with Crippen LogP contribution >= 0.6 is 11.6 Å². The molecule has 0 amide bonds. The van der Waals surface area contributed by atoms with Crippen molar-refractivity contribution in [3.63, 3.8) is 0 Å². The second-order valence-corrected chi connectivity index (χ2v) is 8.87. The molecule has 1 atom stereocenters. The van der Waals surface area contributed by atoms with Gasteiger partial charge >= 0.3 is 0 Å². The fourth-order valence-corrected chi connectivity index (χ4v) is 4.56. The molecule has 0 unspecified atom stereocenters. The van der Waals surface area contributed by atoms with Crippen molar-refractivity contribution in [2.24, 2.45) is 0 Å². The van der Waals surface area contributed by atoms with E-state index < -0.39 is 16.1 Å². The van der Waals surface area contributed by atoms with Gasteiger partial charge in [0.25, 0.3) is 0 Å². The molecule has 0 spiro atoms. The molecule has 0 aliphatic carbocycles. The Balaban J connectivity index is 2.37. The van der Waals surface area contributed by atoms with Crippen molar-refractivity contribution in [2.75, 3.05) is 14.2 Å². The zero-order valence-electron chi connectivity index (χ0n) is 16.5. The van der Waals surface area contributed by atoms with E-state index >= 15 is 0 Å². The highest BCUT2D eigenvalue weighted by Crippen LogP contribution is 2.33. The number of nitrogens with one attached hydrogen (secondary N) is 1. The number of hydrogen-bond donors (Lipinski definition) is 1. The van der Waals surface area contributed by atoms with Gasteiger partial charge in [-0.1, -0.05) is 25.4 Å². The van der Waals surface area contributed by atoms with Crippen LogP contribution in [0.5, 0.6) is 11.5 Å². The van der Waals surface area contributed by atoms with Crippen LogP contribution in [0, 0.1) is 6.92 Å². The first-order valence-electron chi connectivity index (χ1n) is 8.65. The molecule has 148 valence electrons. The summed E-state index contributed by atoms with van der Waals surface area (Å²) in [5.41, 5.74) is 2.90. The number of halogens is 1. The predicted molar refractivity (Wildman–Crippen MR) is 109 cm³/mol. The summed E-state index contributed by atoms with van der Waals surface area (Å²) >= 11 is 6.07. The number of sulfonamides is 1. The average molecular weight is 412 g/mol. The third-order valence-electron chi connectivity index (χ3n) is 4.47. The lowest BCUT2D eigenvalue weighted by Gasteiger charge is -2.21. The smallest absolute Gasteiger partial charge is 0.241 e. The number of hydrogen-bond acceptors (Lipinski definition) is 4. The highest BCUT2D eigenvalue weighted by atomic mass is 35.5. The van der Waals surface area contributed by atoms with Gasteiger partial charge in [-0.25, -0.2) is 13.1 Å². The third-order valence-corrected chi connectivity index (χ3v) is 6.31. The van der Waals surface area contributed by atoms with E-state index in [1.807, 2.05) is 26.0 Å². The predicted octanol–water partition coefficient (Wildman–Crippen LogP) is 4.83. The van der Waals surface area contributed by atoms with Crippen molar-refractivity contribution in [1.82, 2.24) is 4.72 Å². The summed E-state index contributed by atoms with van der Waals surface area (Å²) in [6.07, 6.45) is 0. The van der Waals surface area contributed by atoms with E-state index in [2.05, 4.69) is 18.6 Å². The van der Waals surface area contributed by atoms with Crippen molar-refractivity contribution in [2.45, 2.75) is 44.6 Å². The fraction of sp³-hybridized carbons (Fsp3) is 0.400. The molecule has 7 heteroatoms. The van der Waals surface area contributed by atoms with Crippen LogP contribution in [-0.2, 0) is 10.0 Å². The summed E-state index contributed by atoms with van der Waals surface area (Å²) < 4.78 is 38.8. The van der Waals surface area contributed by atoms with Crippen LogP contribution in [-0.4, -0.2) is 22.6 Å². The van der Waals surface area contributed by atoms with E-state index in [-0.39, 0.29) is 15.8 Å². The van der Waals surface area contributed by atoms with Gasteiger partial charge in [-0.15, -0.1) is 0 Å². The number of aryl methyl sites for hydroxylation is 1. The Morgan fingerprint density at radius 1 is 0.963 bits per heavy atom. The maximum absolute atomic E-state index is 12.8. The van der Waals surface area contributed by atoms with Gasteiger partial charge in [-0.3, -0.25) is 0 Å². The van der Waals surface area contributed by atoms with E-state index in [0.29, 0.717) is 5.75 Å². The molecule has 0 aromatic heterocycles. The molecule has 0 saturated heterocycles. The molecule has 0 heterocycles. The number of rotatable bonds is 7. The second kappa shape index (κ2) is 8.50. The quantitative estimate of drug-likeness (QED) is 0.708. The van der Waals surface area contributed by atoms with E-state index in [0.717, 1.165) is 22.4 Å². The van der Waals surface area contributed by atoms with E-state index in [4.69, 9.17) is 21.1 Å². The maximum atomic E-state index is 12.8. The summed E-state index contributed by atoms with van der Waals surface area (Å²) in [5, 5.41) is 0.246. The van der Waals surface area contributed by atoms with Crippen LogP contribution in [0.4, 0.5) is 0 Å². The monoisotopic (exact) mass is 411 g/mol. The largest absolute Gasteiger partial charge is 0.496 e. The summed E-state index contributed by atoms with van der Waals surface area (Å²) in [4.78, 5) is 0.0930.